The lowest BCUT2D eigenvalue weighted by molar-refractivity contribution is -0.137. The number of fused-ring (bicyclic) bond motifs is 1. The monoisotopic (exact) mass is 356 g/mol. The lowest BCUT2D eigenvalue weighted by Crippen LogP contribution is -2.44. The maximum Gasteiger partial charge on any atom is 0.305 e. The van der Waals surface area contributed by atoms with Crippen LogP contribution in [-0.2, 0) is 9.53 Å². The van der Waals surface area contributed by atoms with Gasteiger partial charge in [0.1, 0.15) is 0 Å². The number of carbonyl (C=O) groups is 2. The highest BCUT2D eigenvalue weighted by molar-refractivity contribution is 5.99. The van der Waals surface area contributed by atoms with Crippen LogP contribution in [0, 0.1) is 13.8 Å². The maximum atomic E-state index is 13.3. The van der Waals surface area contributed by atoms with Crippen molar-refractivity contribution in [1.29, 1.82) is 0 Å². The molecule has 1 aromatic carbocycles. The number of carbonyl (C=O) groups excluding carboxylic acids is 1. The van der Waals surface area contributed by atoms with E-state index >= 15 is 0 Å². The van der Waals surface area contributed by atoms with Crippen molar-refractivity contribution in [3.63, 3.8) is 0 Å². The summed E-state index contributed by atoms with van der Waals surface area (Å²) in [6.07, 6.45) is 1.39. The predicted octanol–water partition coefficient (Wildman–Crippen LogP) is 2.95. The molecule has 3 rings (SSSR count). The Balaban J connectivity index is 1.95. The molecule has 1 amide bonds. The number of aryl methyl sites for hydroxylation is 2. The Morgan fingerprint density at radius 1 is 1.23 bits per heavy atom. The molecule has 1 fully saturated rings. The molecule has 1 aromatic heterocycles. The van der Waals surface area contributed by atoms with Crippen LogP contribution in [-0.4, -0.2) is 52.7 Å². The van der Waals surface area contributed by atoms with Gasteiger partial charge in [0.2, 0.25) is 0 Å². The van der Waals surface area contributed by atoms with Gasteiger partial charge in [0, 0.05) is 31.2 Å². The summed E-state index contributed by atoms with van der Waals surface area (Å²) in [4.78, 5) is 30.6. The highest BCUT2D eigenvalue weighted by Crippen LogP contribution is 2.23. The van der Waals surface area contributed by atoms with Gasteiger partial charge in [0.25, 0.3) is 5.91 Å². The first kappa shape index (κ1) is 18.3. The van der Waals surface area contributed by atoms with E-state index in [0.717, 1.165) is 29.3 Å². The predicted molar refractivity (Wildman–Crippen MR) is 98.3 cm³/mol. The number of rotatable bonds is 5. The molecule has 6 heteroatoms. The van der Waals surface area contributed by atoms with Gasteiger partial charge in [0.15, 0.2) is 0 Å². The number of carboxylic acids is 1. The van der Waals surface area contributed by atoms with E-state index in [2.05, 4.69) is 4.98 Å². The number of aromatic nitrogens is 1. The van der Waals surface area contributed by atoms with Crippen LogP contribution in [0.5, 0.6) is 0 Å². The summed E-state index contributed by atoms with van der Waals surface area (Å²) in [5.41, 5.74) is 3.17. The molecule has 26 heavy (non-hydrogen) atoms. The van der Waals surface area contributed by atoms with Gasteiger partial charge in [-0.25, -0.2) is 0 Å². The summed E-state index contributed by atoms with van der Waals surface area (Å²) in [5.74, 6) is -1.05. The Kier molecular flexibility index (Phi) is 5.52. The summed E-state index contributed by atoms with van der Waals surface area (Å²) >= 11 is 0. The number of aliphatic carboxylic acids is 1. The minimum absolute atomic E-state index is 0.00297. The summed E-state index contributed by atoms with van der Waals surface area (Å²) < 4.78 is 5.39. The van der Waals surface area contributed by atoms with Gasteiger partial charge in [-0.2, -0.15) is 0 Å². The summed E-state index contributed by atoms with van der Waals surface area (Å²) in [7, 11) is 0. The van der Waals surface area contributed by atoms with Gasteiger partial charge in [-0.3, -0.25) is 14.6 Å². The fourth-order valence-electron chi connectivity index (χ4n) is 3.43. The second-order valence-electron chi connectivity index (χ2n) is 6.80. The molecule has 0 spiro atoms. The van der Waals surface area contributed by atoms with E-state index in [1.807, 2.05) is 38.1 Å². The van der Waals surface area contributed by atoms with E-state index in [-0.39, 0.29) is 24.9 Å². The van der Waals surface area contributed by atoms with Crippen LogP contribution in [0.25, 0.3) is 10.9 Å². The van der Waals surface area contributed by atoms with Gasteiger partial charge in [-0.1, -0.05) is 11.6 Å². The Morgan fingerprint density at radius 2 is 1.96 bits per heavy atom. The fourth-order valence-corrected chi connectivity index (χ4v) is 3.43. The molecule has 1 saturated heterocycles. The Labute approximate surface area is 152 Å². The lowest BCUT2D eigenvalue weighted by Gasteiger charge is -2.34. The topological polar surface area (TPSA) is 79.7 Å². The van der Waals surface area contributed by atoms with Gasteiger partial charge in [-0.15, -0.1) is 0 Å². The van der Waals surface area contributed by atoms with Crippen molar-refractivity contribution in [2.24, 2.45) is 0 Å². The first-order valence-electron chi connectivity index (χ1n) is 8.94. The van der Waals surface area contributed by atoms with Crippen molar-refractivity contribution < 1.29 is 19.4 Å². The van der Waals surface area contributed by atoms with Crippen molar-refractivity contribution in [2.75, 3.05) is 19.8 Å². The smallest absolute Gasteiger partial charge is 0.305 e. The minimum atomic E-state index is -0.904. The zero-order chi connectivity index (χ0) is 18.7. The number of ether oxygens (including phenoxy) is 1. The molecule has 0 bridgehead atoms. The molecule has 0 saturated carbocycles. The van der Waals surface area contributed by atoms with Crippen LogP contribution in [0.2, 0.25) is 0 Å². The number of carboxylic acid groups (broad SMARTS) is 1. The number of pyridine rings is 1. The highest BCUT2D eigenvalue weighted by Gasteiger charge is 2.28. The largest absolute Gasteiger partial charge is 0.481 e. The first-order chi connectivity index (χ1) is 12.5. The van der Waals surface area contributed by atoms with E-state index in [9.17, 15) is 9.59 Å². The number of amides is 1. The van der Waals surface area contributed by atoms with E-state index < -0.39 is 5.97 Å². The Bertz CT molecular complexity index is 828. The molecule has 0 aliphatic carbocycles. The number of hydrogen-bond donors (Lipinski definition) is 1. The summed E-state index contributed by atoms with van der Waals surface area (Å²) in [5, 5.41) is 9.99. The second-order valence-corrected chi connectivity index (χ2v) is 6.80. The highest BCUT2D eigenvalue weighted by atomic mass is 16.5. The van der Waals surface area contributed by atoms with Crippen LogP contribution in [0.4, 0.5) is 0 Å². The van der Waals surface area contributed by atoms with Crippen molar-refractivity contribution in [3.8, 4) is 0 Å². The molecule has 6 nitrogen and oxygen atoms in total. The lowest BCUT2D eigenvalue weighted by atomic mass is 10.0. The van der Waals surface area contributed by atoms with Gasteiger partial charge in [0.05, 0.1) is 23.2 Å². The fraction of sp³-hybridized carbons (Fsp3) is 0.450. The summed E-state index contributed by atoms with van der Waals surface area (Å²) in [6, 6.07) is 7.84. The number of nitrogens with zero attached hydrogens (tertiary/aromatic N) is 2. The third-order valence-electron chi connectivity index (χ3n) is 4.85. The number of hydrogen-bond acceptors (Lipinski definition) is 4. The maximum absolute atomic E-state index is 13.3. The standard InChI is InChI=1S/C20H24N2O4/c1-13-3-4-18-15(11-13)12-17(14(2)21-18)20(25)22(8-5-19(23)24)16-6-9-26-10-7-16/h3-4,11-12,16H,5-10H2,1-2H3,(H,23,24). The van der Waals surface area contributed by atoms with Gasteiger partial charge < -0.3 is 14.7 Å². The third-order valence-corrected chi connectivity index (χ3v) is 4.85. The second kappa shape index (κ2) is 7.83. The van der Waals surface area contributed by atoms with Crippen LogP contribution in [0.15, 0.2) is 24.3 Å². The first-order valence-corrected chi connectivity index (χ1v) is 8.94. The molecule has 2 heterocycles. The van der Waals surface area contributed by atoms with Crippen molar-refractivity contribution >= 4 is 22.8 Å². The van der Waals surface area contributed by atoms with E-state index in [1.165, 1.54) is 0 Å². The average molecular weight is 356 g/mol. The molecule has 2 aromatic rings. The van der Waals surface area contributed by atoms with Crippen LogP contribution in [0.3, 0.4) is 0 Å². The molecular weight excluding hydrogens is 332 g/mol. The molecule has 0 atom stereocenters. The van der Waals surface area contributed by atoms with Crippen molar-refractivity contribution in [3.05, 3.63) is 41.1 Å². The summed E-state index contributed by atoms with van der Waals surface area (Å²) in [6.45, 7) is 5.21. The molecule has 138 valence electrons. The molecule has 1 N–H and O–H groups in total. The quantitative estimate of drug-likeness (QED) is 0.891. The zero-order valence-corrected chi connectivity index (χ0v) is 15.2. The van der Waals surface area contributed by atoms with Crippen LogP contribution >= 0.6 is 0 Å². The number of benzene rings is 1. The van der Waals surface area contributed by atoms with Gasteiger partial charge >= 0.3 is 5.97 Å². The van der Waals surface area contributed by atoms with E-state index in [0.29, 0.717) is 24.5 Å². The van der Waals surface area contributed by atoms with Crippen molar-refractivity contribution in [1.82, 2.24) is 9.88 Å². The molecule has 1 aliphatic rings. The Morgan fingerprint density at radius 3 is 2.65 bits per heavy atom. The minimum Gasteiger partial charge on any atom is -0.481 e. The van der Waals surface area contributed by atoms with E-state index in [1.54, 1.807) is 4.90 Å². The van der Waals surface area contributed by atoms with Gasteiger partial charge in [-0.05, 0) is 44.9 Å². The van der Waals surface area contributed by atoms with Crippen molar-refractivity contribution in [2.45, 2.75) is 39.2 Å². The average Bonchev–Trinajstić information content (AvgIpc) is 2.62. The van der Waals surface area contributed by atoms with Crippen LogP contribution in [0.1, 0.15) is 40.9 Å². The molecule has 0 unspecified atom stereocenters. The zero-order valence-electron chi connectivity index (χ0n) is 15.2. The molecule has 1 aliphatic heterocycles. The van der Waals surface area contributed by atoms with E-state index in [4.69, 9.17) is 9.84 Å². The van der Waals surface area contributed by atoms with Crippen LogP contribution < -0.4 is 0 Å². The SMILES string of the molecule is Cc1ccc2nc(C)c(C(=O)N(CCC(=O)O)C3CCOCC3)cc2c1. The molecule has 0 radical (unpaired) electrons. The molecular formula is C20H24N2O4. The normalized spacial score (nSPS) is 15.2. The third kappa shape index (κ3) is 4.02. The Hall–Kier alpha value is -2.47.